The van der Waals surface area contributed by atoms with E-state index in [9.17, 15) is 9.59 Å². The molecule has 0 unspecified atom stereocenters. The number of hydrogen-bond donors (Lipinski definition) is 0. The van der Waals surface area contributed by atoms with Crippen LogP contribution < -0.4 is 0 Å². The molecule has 0 spiro atoms. The number of carbonyl (C=O) groups is 2. The maximum absolute atomic E-state index is 12.2. The predicted octanol–water partition coefficient (Wildman–Crippen LogP) is 3.07. The lowest BCUT2D eigenvalue weighted by Crippen LogP contribution is -2.19. The Hall–Kier alpha value is -1.58. The van der Waals surface area contributed by atoms with Crippen molar-refractivity contribution in [3.8, 4) is 0 Å². The summed E-state index contributed by atoms with van der Waals surface area (Å²) in [6.07, 6.45) is 5.77. The molecule has 1 aliphatic carbocycles. The molecule has 0 atom stereocenters. The molecule has 4 heteroatoms. The zero-order valence-electron chi connectivity index (χ0n) is 11.5. The number of rotatable bonds is 4. The van der Waals surface area contributed by atoms with Crippen LogP contribution >= 0.6 is 0 Å². The Morgan fingerprint density at radius 1 is 1.32 bits per heavy atom. The minimum atomic E-state index is -0.419. The number of Topliss-reactive ketones (excluding diaryl/α,β-unsaturated/α-hetero) is 1. The summed E-state index contributed by atoms with van der Waals surface area (Å²) < 4.78 is 10.1. The molecule has 0 radical (unpaired) electrons. The summed E-state index contributed by atoms with van der Waals surface area (Å²) in [5.74, 6) is 1.05. The maximum atomic E-state index is 12.2. The van der Waals surface area contributed by atoms with Crippen molar-refractivity contribution in [3.63, 3.8) is 0 Å². The van der Waals surface area contributed by atoms with Crippen molar-refractivity contribution < 1.29 is 18.7 Å². The van der Waals surface area contributed by atoms with Gasteiger partial charge in [-0.25, -0.2) is 4.79 Å². The van der Waals surface area contributed by atoms with Crippen molar-refractivity contribution in [2.75, 3.05) is 7.11 Å². The largest absolute Gasteiger partial charge is 0.465 e. The highest BCUT2D eigenvalue weighted by molar-refractivity contribution is 5.91. The van der Waals surface area contributed by atoms with Gasteiger partial charge in [0.05, 0.1) is 13.5 Å². The maximum Gasteiger partial charge on any atom is 0.341 e. The van der Waals surface area contributed by atoms with Gasteiger partial charge in [-0.3, -0.25) is 4.79 Å². The van der Waals surface area contributed by atoms with Crippen LogP contribution in [0.1, 0.15) is 54.0 Å². The number of furan rings is 1. The van der Waals surface area contributed by atoms with E-state index in [-0.39, 0.29) is 18.1 Å². The SMILES string of the molecule is COC(=O)c1cc(CC(=O)C2CCCCC2)oc1C. The van der Waals surface area contributed by atoms with E-state index in [1.54, 1.807) is 13.0 Å². The lowest BCUT2D eigenvalue weighted by Gasteiger charge is -2.19. The fraction of sp³-hybridized carbons (Fsp3) is 0.600. The number of hydrogen-bond acceptors (Lipinski definition) is 4. The van der Waals surface area contributed by atoms with Gasteiger partial charge >= 0.3 is 5.97 Å². The number of esters is 1. The minimum absolute atomic E-state index is 0.167. The standard InChI is InChI=1S/C15H20O4/c1-10-13(15(17)18-2)8-12(19-10)9-14(16)11-6-4-3-5-7-11/h8,11H,3-7,9H2,1-2H3. The number of methoxy groups -OCH3 is 1. The summed E-state index contributed by atoms with van der Waals surface area (Å²) in [6.45, 7) is 1.71. The highest BCUT2D eigenvalue weighted by Gasteiger charge is 2.23. The zero-order chi connectivity index (χ0) is 13.8. The van der Waals surface area contributed by atoms with E-state index in [4.69, 9.17) is 4.42 Å². The molecule has 4 nitrogen and oxygen atoms in total. The fourth-order valence-corrected chi connectivity index (χ4v) is 2.68. The molecule has 0 aromatic carbocycles. The summed E-state index contributed by atoms with van der Waals surface area (Å²) in [5, 5.41) is 0. The van der Waals surface area contributed by atoms with E-state index in [0.717, 1.165) is 25.7 Å². The third kappa shape index (κ3) is 3.25. The molecule has 1 saturated carbocycles. The molecule has 0 bridgehead atoms. The smallest absolute Gasteiger partial charge is 0.341 e. The summed E-state index contributed by atoms with van der Waals surface area (Å²) >= 11 is 0. The molecule has 0 saturated heterocycles. The van der Waals surface area contributed by atoms with Crippen molar-refractivity contribution in [2.45, 2.75) is 45.4 Å². The first-order chi connectivity index (χ1) is 9.11. The van der Waals surface area contributed by atoms with Gasteiger partial charge in [-0.15, -0.1) is 0 Å². The first kappa shape index (κ1) is 13.8. The normalized spacial score (nSPS) is 16.3. The second-order valence-corrected chi connectivity index (χ2v) is 5.15. The van der Waals surface area contributed by atoms with Crippen LogP contribution in [0.5, 0.6) is 0 Å². The highest BCUT2D eigenvalue weighted by atomic mass is 16.5. The van der Waals surface area contributed by atoms with Crippen LogP contribution in [0.3, 0.4) is 0 Å². The third-order valence-corrected chi connectivity index (χ3v) is 3.78. The van der Waals surface area contributed by atoms with Crippen LogP contribution in [0.25, 0.3) is 0 Å². The Bertz CT molecular complexity index is 466. The summed E-state index contributed by atoms with van der Waals surface area (Å²) in [7, 11) is 1.33. The fourth-order valence-electron chi connectivity index (χ4n) is 2.68. The molecule has 0 N–H and O–H groups in total. The molecule has 1 aromatic heterocycles. The van der Waals surface area contributed by atoms with Crippen LogP contribution in [-0.4, -0.2) is 18.9 Å². The van der Waals surface area contributed by atoms with Crippen molar-refractivity contribution in [3.05, 3.63) is 23.2 Å². The van der Waals surface area contributed by atoms with Crippen LogP contribution in [0.2, 0.25) is 0 Å². The highest BCUT2D eigenvalue weighted by Crippen LogP contribution is 2.26. The second-order valence-electron chi connectivity index (χ2n) is 5.15. The van der Waals surface area contributed by atoms with Gasteiger partial charge in [0.2, 0.25) is 0 Å². The van der Waals surface area contributed by atoms with Gasteiger partial charge in [-0.2, -0.15) is 0 Å². The van der Waals surface area contributed by atoms with E-state index in [0.29, 0.717) is 17.1 Å². The molecule has 1 aromatic rings. The molecular formula is C15H20O4. The lowest BCUT2D eigenvalue weighted by molar-refractivity contribution is -0.123. The van der Waals surface area contributed by atoms with Gasteiger partial charge in [-0.05, 0) is 25.8 Å². The van der Waals surface area contributed by atoms with E-state index >= 15 is 0 Å². The molecule has 1 heterocycles. The molecule has 1 fully saturated rings. The average Bonchev–Trinajstić information content (AvgIpc) is 2.79. The van der Waals surface area contributed by atoms with E-state index in [1.807, 2.05) is 0 Å². The van der Waals surface area contributed by atoms with Crippen LogP contribution in [0.15, 0.2) is 10.5 Å². The molecule has 104 valence electrons. The Kier molecular flexibility index (Phi) is 4.40. The number of ether oxygens (including phenoxy) is 1. The summed E-state index contributed by atoms with van der Waals surface area (Å²) in [6, 6.07) is 1.63. The van der Waals surface area contributed by atoms with Crippen molar-refractivity contribution in [1.82, 2.24) is 0 Å². The van der Waals surface area contributed by atoms with E-state index < -0.39 is 5.97 Å². The van der Waals surface area contributed by atoms with Crippen molar-refractivity contribution in [2.24, 2.45) is 5.92 Å². The van der Waals surface area contributed by atoms with Gasteiger partial charge < -0.3 is 9.15 Å². The summed E-state index contributed by atoms with van der Waals surface area (Å²) in [5.41, 5.74) is 0.411. The molecule has 2 rings (SSSR count). The van der Waals surface area contributed by atoms with E-state index in [2.05, 4.69) is 4.74 Å². The molecule has 1 aliphatic rings. The molecular weight excluding hydrogens is 244 g/mol. The number of carbonyl (C=O) groups excluding carboxylic acids is 2. The van der Waals surface area contributed by atoms with Gasteiger partial charge in [0, 0.05) is 5.92 Å². The number of ketones is 1. The van der Waals surface area contributed by atoms with Gasteiger partial charge in [-0.1, -0.05) is 19.3 Å². The second kappa shape index (κ2) is 6.04. The predicted molar refractivity (Wildman–Crippen MR) is 70.1 cm³/mol. The van der Waals surface area contributed by atoms with Gasteiger partial charge in [0.1, 0.15) is 22.9 Å². The summed E-state index contributed by atoms with van der Waals surface area (Å²) in [4.78, 5) is 23.6. The Balaban J connectivity index is 2.02. The quantitative estimate of drug-likeness (QED) is 0.784. The molecule has 0 amide bonds. The van der Waals surface area contributed by atoms with Crippen LogP contribution in [0.4, 0.5) is 0 Å². The van der Waals surface area contributed by atoms with Gasteiger partial charge in [0.25, 0.3) is 0 Å². The first-order valence-corrected chi connectivity index (χ1v) is 6.82. The van der Waals surface area contributed by atoms with Crippen LogP contribution in [0, 0.1) is 12.8 Å². The third-order valence-electron chi connectivity index (χ3n) is 3.78. The Morgan fingerprint density at radius 2 is 2.00 bits per heavy atom. The first-order valence-electron chi connectivity index (χ1n) is 6.82. The van der Waals surface area contributed by atoms with E-state index in [1.165, 1.54) is 13.5 Å². The van der Waals surface area contributed by atoms with Gasteiger partial charge in [0.15, 0.2) is 0 Å². The zero-order valence-corrected chi connectivity index (χ0v) is 11.5. The monoisotopic (exact) mass is 264 g/mol. The Labute approximate surface area is 113 Å². The molecule has 19 heavy (non-hydrogen) atoms. The topological polar surface area (TPSA) is 56.5 Å². The van der Waals surface area contributed by atoms with Crippen LogP contribution in [-0.2, 0) is 16.0 Å². The van der Waals surface area contributed by atoms with Crippen molar-refractivity contribution in [1.29, 1.82) is 0 Å². The number of aryl methyl sites for hydroxylation is 1. The average molecular weight is 264 g/mol. The minimum Gasteiger partial charge on any atom is -0.465 e. The lowest BCUT2D eigenvalue weighted by atomic mass is 9.85. The Morgan fingerprint density at radius 3 is 2.63 bits per heavy atom. The molecule has 0 aliphatic heterocycles. The van der Waals surface area contributed by atoms with Crippen molar-refractivity contribution >= 4 is 11.8 Å².